The second kappa shape index (κ2) is 7.66. The number of hydrogen-bond donors (Lipinski definition) is 2. The summed E-state index contributed by atoms with van der Waals surface area (Å²) in [6, 6.07) is 3.49. The average Bonchev–Trinajstić information content (AvgIpc) is 3.15. The van der Waals surface area contributed by atoms with Crippen LogP contribution in [0.5, 0.6) is 0 Å². The van der Waals surface area contributed by atoms with E-state index in [4.69, 9.17) is 5.73 Å². The van der Waals surface area contributed by atoms with Crippen molar-refractivity contribution in [3.05, 3.63) is 23.9 Å². The fourth-order valence-electron chi connectivity index (χ4n) is 4.29. The van der Waals surface area contributed by atoms with Crippen LogP contribution in [0.4, 0.5) is 19.0 Å². The fourth-order valence-corrected chi connectivity index (χ4v) is 4.29. The molecule has 150 valence electrons. The van der Waals surface area contributed by atoms with E-state index in [9.17, 15) is 18.0 Å². The Kier molecular flexibility index (Phi) is 5.65. The standard InChI is InChI=1S/C19H27F3N4O/c1-11(2)8-14(23)18(27)24-15-7-6-12-9-26(10-13(12)15)17-5-3-4-16(25-17)19(20,21)22/h3-5,11-15H,6-10,23H2,1-2H3,(H,24,27)/t12-,13+,14+,15+/m1/s1. The molecule has 1 saturated heterocycles. The lowest BCUT2D eigenvalue weighted by Gasteiger charge is -2.24. The molecule has 8 heteroatoms. The van der Waals surface area contributed by atoms with Crippen LogP contribution < -0.4 is 16.0 Å². The van der Waals surface area contributed by atoms with E-state index in [0.717, 1.165) is 18.9 Å². The Morgan fingerprint density at radius 3 is 2.74 bits per heavy atom. The van der Waals surface area contributed by atoms with Crippen molar-refractivity contribution in [1.82, 2.24) is 10.3 Å². The number of carbonyl (C=O) groups excluding carboxylic acids is 1. The molecule has 1 aromatic rings. The maximum absolute atomic E-state index is 12.9. The van der Waals surface area contributed by atoms with Gasteiger partial charge in [-0.1, -0.05) is 19.9 Å². The molecule has 1 aliphatic carbocycles. The molecule has 0 unspecified atom stereocenters. The van der Waals surface area contributed by atoms with Gasteiger partial charge >= 0.3 is 6.18 Å². The zero-order chi connectivity index (χ0) is 19.8. The topological polar surface area (TPSA) is 71.2 Å². The van der Waals surface area contributed by atoms with Crippen LogP contribution in [0.25, 0.3) is 0 Å². The number of aromatic nitrogens is 1. The number of halogens is 3. The van der Waals surface area contributed by atoms with Gasteiger partial charge in [-0.3, -0.25) is 4.79 Å². The molecule has 1 amide bonds. The quantitative estimate of drug-likeness (QED) is 0.819. The van der Waals surface area contributed by atoms with Crippen LogP contribution in [-0.2, 0) is 11.0 Å². The van der Waals surface area contributed by atoms with E-state index in [1.165, 1.54) is 6.07 Å². The molecule has 5 nitrogen and oxygen atoms in total. The third-order valence-electron chi connectivity index (χ3n) is 5.60. The first-order valence-electron chi connectivity index (χ1n) is 9.50. The van der Waals surface area contributed by atoms with Gasteiger partial charge in [0.25, 0.3) is 0 Å². The highest BCUT2D eigenvalue weighted by Gasteiger charge is 2.44. The number of amides is 1. The zero-order valence-corrected chi connectivity index (χ0v) is 15.7. The molecule has 0 bridgehead atoms. The Morgan fingerprint density at radius 2 is 2.07 bits per heavy atom. The second-order valence-corrected chi connectivity index (χ2v) is 8.14. The van der Waals surface area contributed by atoms with Crippen molar-refractivity contribution in [1.29, 1.82) is 0 Å². The monoisotopic (exact) mass is 384 g/mol. The van der Waals surface area contributed by atoms with Gasteiger partial charge in [0.15, 0.2) is 0 Å². The van der Waals surface area contributed by atoms with Gasteiger partial charge in [-0.25, -0.2) is 4.98 Å². The van der Waals surface area contributed by atoms with Gasteiger partial charge in [-0.05, 0) is 43.2 Å². The Bertz CT molecular complexity index is 679. The van der Waals surface area contributed by atoms with E-state index in [0.29, 0.717) is 37.2 Å². The summed E-state index contributed by atoms with van der Waals surface area (Å²) in [4.78, 5) is 18.0. The van der Waals surface area contributed by atoms with Crippen molar-refractivity contribution in [2.45, 2.75) is 51.4 Å². The van der Waals surface area contributed by atoms with Gasteiger partial charge in [0, 0.05) is 25.0 Å². The summed E-state index contributed by atoms with van der Waals surface area (Å²) in [5, 5.41) is 3.07. The fraction of sp³-hybridized carbons (Fsp3) is 0.684. The minimum absolute atomic E-state index is 0.0245. The largest absolute Gasteiger partial charge is 0.433 e. The van der Waals surface area contributed by atoms with Crippen LogP contribution in [0, 0.1) is 17.8 Å². The molecule has 4 atom stereocenters. The molecular weight excluding hydrogens is 357 g/mol. The van der Waals surface area contributed by atoms with Crippen molar-refractivity contribution in [2.75, 3.05) is 18.0 Å². The van der Waals surface area contributed by atoms with E-state index in [1.807, 2.05) is 18.7 Å². The Morgan fingerprint density at radius 1 is 1.33 bits per heavy atom. The first kappa shape index (κ1) is 19.9. The third-order valence-corrected chi connectivity index (χ3v) is 5.60. The van der Waals surface area contributed by atoms with Crippen molar-refractivity contribution in [2.24, 2.45) is 23.5 Å². The summed E-state index contributed by atoms with van der Waals surface area (Å²) in [5.74, 6) is 1.13. The smallest absolute Gasteiger partial charge is 0.356 e. The van der Waals surface area contributed by atoms with Gasteiger partial charge in [0.05, 0.1) is 6.04 Å². The van der Waals surface area contributed by atoms with Crippen LogP contribution in [0.1, 0.15) is 38.8 Å². The van der Waals surface area contributed by atoms with Gasteiger partial charge in [0.1, 0.15) is 11.5 Å². The molecular formula is C19H27F3N4O. The minimum atomic E-state index is -4.45. The Labute approximate surface area is 157 Å². The number of anilines is 1. The molecule has 1 saturated carbocycles. The molecule has 0 radical (unpaired) electrons. The molecule has 0 aromatic carbocycles. The van der Waals surface area contributed by atoms with Crippen LogP contribution >= 0.6 is 0 Å². The minimum Gasteiger partial charge on any atom is -0.356 e. The van der Waals surface area contributed by atoms with E-state index in [1.54, 1.807) is 6.07 Å². The van der Waals surface area contributed by atoms with Gasteiger partial charge < -0.3 is 16.0 Å². The molecule has 3 N–H and O–H groups in total. The zero-order valence-electron chi connectivity index (χ0n) is 15.7. The summed E-state index contributed by atoms with van der Waals surface area (Å²) < 4.78 is 38.7. The number of fused-ring (bicyclic) bond motifs is 1. The Hall–Kier alpha value is -1.83. The summed E-state index contributed by atoms with van der Waals surface area (Å²) in [6.07, 6.45) is -1.98. The van der Waals surface area contributed by atoms with Crippen molar-refractivity contribution < 1.29 is 18.0 Å². The number of nitrogens with one attached hydrogen (secondary N) is 1. The van der Waals surface area contributed by atoms with Crippen molar-refractivity contribution >= 4 is 11.7 Å². The van der Waals surface area contributed by atoms with Crippen molar-refractivity contribution in [3.63, 3.8) is 0 Å². The van der Waals surface area contributed by atoms with E-state index < -0.39 is 17.9 Å². The number of nitrogens with zero attached hydrogens (tertiary/aromatic N) is 2. The number of pyridine rings is 1. The highest BCUT2D eigenvalue weighted by molar-refractivity contribution is 5.81. The normalized spacial score (nSPS) is 26.3. The molecule has 2 heterocycles. The first-order chi connectivity index (χ1) is 12.6. The van der Waals surface area contributed by atoms with Crippen LogP contribution in [0.15, 0.2) is 18.2 Å². The van der Waals surface area contributed by atoms with Gasteiger partial charge in [0.2, 0.25) is 5.91 Å². The van der Waals surface area contributed by atoms with E-state index in [-0.39, 0.29) is 17.9 Å². The predicted octanol–water partition coefficient (Wildman–Crippen LogP) is 2.80. The first-order valence-corrected chi connectivity index (χ1v) is 9.50. The van der Waals surface area contributed by atoms with E-state index in [2.05, 4.69) is 10.3 Å². The summed E-state index contributed by atoms with van der Waals surface area (Å²) in [5.41, 5.74) is 5.10. The maximum Gasteiger partial charge on any atom is 0.433 e. The van der Waals surface area contributed by atoms with Crippen LogP contribution in [0.3, 0.4) is 0 Å². The number of rotatable bonds is 5. The second-order valence-electron chi connectivity index (χ2n) is 8.14. The Balaban J connectivity index is 1.64. The van der Waals surface area contributed by atoms with Gasteiger partial charge in [-0.2, -0.15) is 13.2 Å². The summed E-state index contributed by atoms with van der Waals surface area (Å²) in [6.45, 7) is 5.32. The van der Waals surface area contributed by atoms with Crippen molar-refractivity contribution in [3.8, 4) is 0 Å². The van der Waals surface area contributed by atoms with E-state index >= 15 is 0 Å². The lowest BCUT2D eigenvalue weighted by Crippen LogP contribution is -2.48. The number of nitrogens with two attached hydrogens (primary N) is 1. The van der Waals surface area contributed by atoms with Gasteiger partial charge in [-0.15, -0.1) is 0 Å². The number of alkyl halides is 3. The summed E-state index contributed by atoms with van der Waals surface area (Å²) >= 11 is 0. The highest BCUT2D eigenvalue weighted by Crippen LogP contribution is 2.40. The maximum atomic E-state index is 12.9. The molecule has 1 aromatic heterocycles. The SMILES string of the molecule is CC(C)C[C@H](N)C(=O)N[C@H]1CC[C@@H]2CN(c3cccc(C(F)(F)F)n3)C[C@@H]21. The molecule has 3 rings (SSSR count). The molecule has 2 aliphatic rings. The summed E-state index contributed by atoms with van der Waals surface area (Å²) in [7, 11) is 0. The third kappa shape index (κ3) is 4.54. The lowest BCUT2D eigenvalue weighted by atomic mass is 9.97. The molecule has 1 aliphatic heterocycles. The highest BCUT2D eigenvalue weighted by atomic mass is 19.4. The predicted molar refractivity (Wildman–Crippen MR) is 97.0 cm³/mol. The molecule has 0 spiro atoms. The van der Waals surface area contributed by atoms with Crippen LogP contribution in [-0.4, -0.2) is 36.1 Å². The lowest BCUT2D eigenvalue weighted by molar-refractivity contribution is -0.141. The molecule has 27 heavy (non-hydrogen) atoms. The number of carbonyl (C=O) groups is 1. The number of hydrogen-bond acceptors (Lipinski definition) is 4. The van der Waals surface area contributed by atoms with Crippen LogP contribution in [0.2, 0.25) is 0 Å². The average molecular weight is 384 g/mol. The molecule has 2 fully saturated rings.